The van der Waals surface area contributed by atoms with Crippen molar-refractivity contribution in [2.75, 3.05) is 32.7 Å². The van der Waals surface area contributed by atoms with Crippen molar-refractivity contribution in [3.63, 3.8) is 0 Å². The van der Waals surface area contributed by atoms with E-state index in [1.54, 1.807) is 0 Å². The highest BCUT2D eigenvalue weighted by atomic mass is 32.2. The van der Waals surface area contributed by atoms with Crippen LogP contribution in [-0.4, -0.2) is 45.4 Å². The molecular formula is C10H19N3O2S. The first kappa shape index (κ1) is 12.0. The molecule has 0 aromatic heterocycles. The smallest absolute Gasteiger partial charge is 0.279 e. The first-order valence-corrected chi connectivity index (χ1v) is 7.26. The summed E-state index contributed by atoms with van der Waals surface area (Å²) in [4.78, 5) is 0. The van der Waals surface area contributed by atoms with Crippen molar-refractivity contribution >= 4 is 10.2 Å². The molecule has 0 radical (unpaired) electrons. The Hall–Kier alpha value is -0.430. The van der Waals surface area contributed by atoms with Gasteiger partial charge in [-0.2, -0.15) is 17.4 Å². The van der Waals surface area contributed by atoms with Gasteiger partial charge in [0.1, 0.15) is 0 Å². The molecule has 0 bridgehead atoms. The lowest BCUT2D eigenvalue weighted by atomic mass is 10.1. The van der Waals surface area contributed by atoms with Crippen LogP contribution in [0.3, 0.4) is 0 Å². The van der Waals surface area contributed by atoms with Crippen LogP contribution < -0.4 is 10.0 Å². The zero-order valence-corrected chi connectivity index (χ0v) is 10.2. The van der Waals surface area contributed by atoms with E-state index in [4.69, 9.17) is 0 Å². The Morgan fingerprint density at radius 2 is 2.12 bits per heavy atom. The Labute approximate surface area is 97.1 Å². The summed E-state index contributed by atoms with van der Waals surface area (Å²) in [5, 5.41) is 3.20. The van der Waals surface area contributed by atoms with Crippen molar-refractivity contribution in [3.05, 3.63) is 11.6 Å². The third kappa shape index (κ3) is 3.04. The Bertz CT molecular complexity index is 358. The maximum absolute atomic E-state index is 11.8. The Balaban J connectivity index is 1.86. The molecule has 2 aliphatic heterocycles. The summed E-state index contributed by atoms with van der Waals surface area (Å²) in [6.45, 7) is 3.57. The summed E-state index contributed by atoms with van der Waals surface area (Å²) in [6.07, 6.45) is 4.96. The maximum atomic E-state index is 11.8. The molecule has 2 rings (SSSR count). The Morgan fingerprint density at radius 3 is 2.75 bits per heavy atom. The maximum Gasteiger partial charge on any atom is 0.279 e. The van der Waals surface area contributed by atoms with Gasteiger partial charge in [0.15, 0.2) is 0 Å². The van der Waals surface area contributed by atoms with Gasteiger partial charge in [0.25, 0.3) is 10.2 Å². The van der Waals surface area contributed by atoms with Crippen LogP contribution in [0, 0.1) is 0 Å². The van der Waals surface area contributed by atoms with Gasteiger partial charge in [0, 0.05) is 26.2 Å². The second-order valence-corrected chi connectivity index (χ2v) is 6.00. The molecule has 0 atom stereocenters. The van der Waals surface area contributed by atoms with E-state index < -0.39 is 10.2 Å². The Kier molecular flexibility index (Phi) is 3.96. The number of hydrogen-bond donors (Lipinski definition) is 2. The van der Waals surface area contributed by atoms with Crippen LogP contribution in [0.2, 0.25) is 0 Å². The fourth-order valence-corrected chi connectivity index (χ4v) is 3.32. The van der Waals surface area contributed by atoms with E-state index >= 15 is 0 Å². The number of rotatable bonds is 4. The molecule has 6 heteroatoms. The van der Waals surface area contributed by atoms with Gasteiger partial charge in [-0.05, 0) is 25.8 Å². The summed E-state index contributed by atoms with van der Waals surface area (Å²) in [6, 6.07) is 0. The second-order valence-electron chi connectivity index (χ2n) is 4.25. The molecule has 2 heterocycles. The third-order valence-electron chi connectivity index (χ3n) is 3.04. The molecule has 0 aromatic carbocycles. The molecule has 92 valence electrons. The van der Waals surface area contributed by atoms with Gasteiger partial charge in [-0.1, -0.05) is 11.6 Å². The zero-order chi connectivity index (χ0) is 11.4. The summed E-state index contributed by atoms with van der Waals surface area (Å²) in [5.74, 6) is 0. The quantitative estimate of drug-likeness (QED) is 0.676. The average Bonchev–Trinajstić information content (AvgIpc) is 2.82. The lowest BCUT2D eigenvalue weighted by molar-refractivity contribution is 0.466. The zero-order valence-electron chi connectivity index (χ0n) is 9.41. The SMILES string of the molecule is O=S(=O)(NCC1=CCNCC1)N1CCCC1. The minimum Gasteiger partial charge on any atom is -0.313 e. The van der Waals surface area contributed by atoms with Crippen molar-refractivity contribution in [3.8, 4) is 0 Å². The molecule has 0 spiro atoms. The lowest BCUT2D eigenvalue weighted by Crippen LogP contribution is -2.40. The number of nitrogens with zero attached hydrogens (tertiary/aromatic N) is 1. The first-order valence-electron chi connectivity index (χ1n) is 5.82. The molecule has 2 aliphatic rings. The van der Waals surface area contributed by atoms with Crippen LogP contribution in [0.15, 0.2) is 11.6 Å². The van der Waals surface area contributed by atoms with Gasteiger partial charge in [0.2, 0.25) is 0 Å². The van der Waals surface area contributed by atoms with Crippen molar-refractivity contribution in [1.82, 2.24) is 14.3 Å². The van der Waals surface area contributed by atoms with Crippen LogP contribution in [-0.2, 0) is 10.2 Å². The molecule has 0 aliphatic carbocycles. The largest absolute Gasteiger partial charge is 0.313 e. The van der Waals surface area contributed by atoms with E-state index in [0.29, 0.717) is 19.6 Å². The highest BCUT2D eigenvalue weighted by Gasteiger charge is 2.24. The van der Waals surface area contributed by atoms with E-state index in [1.807, 2.05) is 0 Å². The fraction of sp³-hybridized carbons (Fsp3) is 0.800. The van der Waals surface area contributed by atoms with E-state index in [9.17, 15) is 8.42 Å². The first-order chi connectivity index (χ1) is 7.68. The van der Waals surface area contributed by atoms with E-state index in [0.717, 1.165) is 32.4 Å². The van der Waals surface area contributed by atoms with E-state index in [1.165, 1.54) is 9.88 Å². The highest BCUT2D eigenvalue weighted by Crippen LogP contribution is 2.12. The highest BCUT2D eigenvalue weighted by molar-refractivity contribution is 7.87. The summed E-state index contributed by atoms with van der Waals surface area (Å²) in [5.41, 5.74) is 1.18. The van der Waals surface area contributed by atoms with Gasteiger partial charge in [-0.3, -0.25) is 0 Å². The molecule has 16 heavy (non-hydrogen) atoms. The molecule has 1 fully saturated rings. The van der Waals surface area contributed by atoms with Crippen molar-refractivity contribution in [2.45, 2.75) is 19.3 Å². The standard InChI is InChI=1S/C10H19N3O2S/c14-16(15,13-7-1-2-8-13)12-9-10-3-5-11-6-4-10/h3,11-12H,1-2,4-9H2. The van der Waals surface area contributed by atoms with Crippen LogP contribution >= 0.6 is 0 Å². The molecule has 1 saturated heterocycles. The third-order valence-corrected chi connectivity index (χ3v) is 4.60. The Morgan fingerprint density at radius 1 is 1.38 bits per heavy atom. The summed E-state index contributed by atoms with van der Waals surface area (Å²) in [7, 11) is -3.24. The molecule has 2 N–H and O–H groups in total. The van der Waals surface area contributed by atoms with Gasteiger partial charge >= 0.3 is 0 Å². The van der Waals surface area contributed by atoms with E-state index in [-0.39, 0.29) is 0 Å². The predicted octanol–water partition coefficient (Wildman–Crippen LogP) is -0.164. The van der Waals surface area contributed by atoms with Gasteiger partial charge in [-0.25, -0.2) is 0 Å². The molecular weight excluding hydrogens is 226 g/mol. The fourth-order valence-electron chi connectivity index (χ4n) is 2.03. The number of nitrogens with one attached hydrogen (secondary N) is 2. The van der Waals surface area contributed by atoms with Crippen molar-refractivity contribution < 1.29 is 8.42 Å². The molecule has 0 unspecified atom stereocenters. The summed E-state index contributed by atoms with van der Waals surface area (Å²) < 4.78 is 27.9. The van der Waals surface area contributed by atoms with Crippen LogP contribution in [0.1, 0.15) is 19.3 Å². The van der Waals surface area contributed by atoms with E-state index in [2.05, 4.69) is 16.1 Å². The molecule has 0 saturated carbocycles. The number of hydrogen-bond acceptors (Lipinski definition) is 3. The van der Waals surface area contributed by atoms with Crippen LogP contribution in [0.5, 0.6) is 0 Å². The summed E-state index contributed by atoms with van der Waals surface area (Å²) >= 11 is 0. The van der Waals surface area contributed by atoms with Crippen molar-refractivity contribution in [2.24, 2.45) is 0 Å². The van der Waals surface area contributed by atoms with Gasteiger partial charge < -0.3 is 5.32 Å². The predicted molar refractivity (Wildman–Crippen MR) is 63.3 cm³/mol. The second kappa shape index (κ2) is 5.27. The van der Waals surface area contributed by atoms with Crippen LogP contribution in [0.4, 0.5) is 0 Å². The minimum absolute atomic E-state index is 0.459. The van der Waals surface area contributed by atoms with Gasteiger partial charge in [-0.15, -0.1) is 0 Å². The molecule has 5 nitrogen and oxygen atoms in total. The average molecular weight is 245 g/mol. The minimum atomic E-state index is -3.24. The molecule has 0 aromatic rings. The lowest BCUT2D eigenvalue weighted by Gasteiger charge is -2.18. The van der Waals surface area contributed by atoms with Crippen LogP contribution in [0.25, 0.3) is 0 Å². The topological polar surface area (TPSA) is 61.4 Å². The monoisotopic (exact) mass is 245 g/mol. The van der Waals surface area contributed by atoms with Gasteiger partial charge in [0.05, 0.1) is 0 Å². The normalized spacial score (nSPS) is 23.4. The van der Waals surface area contributed by atoms with Crippen molar-refractivity contribution in [1.29, 1.82) is 0 Å². The molecule has 0 amide bonds.